The number of alkyl carbamates (subject to hydrolysis) is 1. The molecular weight excluding hydrogens is 312 g/mol. The van der Waals surface area contributed by atoms with Gasteiger partial charge in [0.05, 0.1) is 19.0 Å². The van der Waals surface area contributed by atoms with Crippen LogP contribution in [0.15, 0.2) is 5.16 Å². The smallest absolute Gasteiger partial charge is 0.413 e. The highest BCUT2D eigenvalue weighted by atomic mass is 32.2. The summed E-state index contributed by atoms with van der Waals surface area (Å²) in [4.78, 5) is 34.0. The SMILES string of the molecule is CCOC(=O)Cc1nnc(SCC(=O)NC(=O)OCC)n1C. The van der Waals surface area contributed by atoms with Crippen LogP contribution in [0.1, 0.15) is 19.7 Å². The predicted octanol–water partition coefficient (Wildman–Crippen LogP) is 0.285. The number of rotatable bonds is 7. The lowest BCUT2D eigenvalue weighted by Crippen LogP contribution is -2.32. The fourth-order valence-electron chi connectivity index (χ4n) is 1.41. The van der Waals surface area contributed by atoms with Gasteiger partial charge in [-0.1, -0.05) is 11.8 Å². The van der Waals surface area contributed by atoms with Crippen LogP contribution in [0, 0.1) is 0 Å². The van der Waals surface area contributed by atoms with Gasteiger partial charge in [0.1, 0.15) is 12.2 Å². The Labute approximate surface area is 131 Å². The highest BCUT2D eigenvalue weighted by Gasteiger charge is 2.15. The van der Waals surface area contributed by atoms with Gasteiger partial charge in [-0.25, -0.2) is 4.79 Å². The third-order valence-corrected chi connectivity index (χ3v) is 3.40. The molecule has 0 radical (unpaired) electrons. The number of ether oxygens (including phenoxy) is 2. The van der Waals surface area contributed by atoms with Crippen LogP contribution in [-0.2, 0) is 32.5 Å². The second kappa shape index (κ2) is 9.03. The normalized spacial score (nSPS) is 10.1. The van der Waals surface area contributed by atoms with E-state index < -0.39 is 18.0 Å². The Morgan fingerprint density at radius 3 is 2.50 bits per heavy atom. The molecule has 1 N–H and O–H groups in total. The van der Waals surface area contributed by atoms with E-state index in [2.05, 4.69) is 20.3 Å². The van der Waals surface area contributed by atoms with Gasteiger partial charge in [0.2, 0.25) is 5.91 Å². The molecule has 9 nitrogen and oxygen atoms in total. The van der Waals surface area contributed by atoms with E-state index in [1.165, 1.54) is 0 Å². The van der Waals surface area contributed by atoms with Crippen molar-refractivity contribution in [1.82, 2.24) is 20.1 Å². The molecule has 0 saturated heterocycles. The number of hydrogen-bond acceptors (Lipinski definition) is 8. The zero-order chi connectivity index (χ0) is 16.5. The fourth-order valence-corrected chi connectivity index (χ4v) is 2.14. The maximum absolute atomic E-state index is 11.5. The van der Waals surface area contributed by atoms with E-state index in [9.17, 15) is 14.4 Å². The van der Waals surface area contributed by atoms with Crippen molar-refractivity contribution in [2.24, 2.45) is 7.05 Å². The number of amides is 2. The third kappa shape index (κ3) is 5.72. The molecule has 1 heterocycles. The molecule has 1 aromatic rings. The average Bonchev–Trinajstić information content (AvgIpc) is 2.78. The molecule has 0 aromatic carbocycles. The Bertz CT molecular complexity index is 546. The number of esters is 1. The molecule has 0 bridgehead atoms. The Kier molecular flexibility index (Phi) is 7.37. The Morgan fingerprint density at radius 2 is 1.86 bits per heavy atom. The van der Waals surface area contributed by atoms with Crippen LogP contribution in [0.3, 0.4) is 0 Å². The van der Waals surface area contributed by atoms with Crippen molar-refractivity contribution in [3.8, 4) is 0 Å². The van der Waals surface area contributed by atoms with E-state index >= 15 is 0 Å². The molecule has 22 heavy (non-hydrogen) atoms. The van der Waals surface area contributed by atoms with Crippen molar-refractivity contribution in [1.29, 1.82) is 0 Å². The summed E-state index contributed by atoms with van der Waals surface area (Å²) < 4.78 is 11.0. The van der Waals surface area contributed by atoms with Crippen LogP contribution in [0.4, 0.5) is 4.79 Å². The number of hydrogen-bond donors (Lipinski definition) is 1. The predicted molar refractivity (Wildman–Crippen MR) is 77.2 cm³/mol. The fraction of sp³-hybridized carbons (Fsp3) is 0.583. The van der Waals surface area contributed by atoms with Gasteiger partial charge in [0.25, 0.3) is 0 Å². The Morgan fingerprint density at radius 1 is 1.18 bits per heavy atom. The standard InChI is InChI=1S/C12H18N4O5S/c1-4-20-10(18)6-8-14-15-11(16(8)3)22-7-9(17)13-12(19)21-5-2/h4-7H2,1-3H3,(H,13,17,19). The molecule has 0 spiro atoms. The molecule has 1 rings (SSSR count). The van der Waals surface area contributed by atoms with Crippen LogP contribution in [-0.4, -0.2) is 51.7 Å². The lowest BCUT2D eigenvalue weighted by molar-refractivity contribution is -0.142. The summed E-state index contributed by atoms with van der Waals surface area (Å²) >= 11 is 1.09. The summed E-state index contributed by atoms with van der Waals surface area (Å²) in [6.45, 7) is 3.85. The molecule has 10 heteroatoms. The lowest BCUT2D eigenvalue weighted by atomic mass is 10.4. The van der Waals surface area contributed by atoms with Gasteiger partial charge in [-0.05, 0) is 13.8 Å². The van der Waals surface area contributed by atoms with Gasteiger partial charge < -0.3 is 14.0 Å². The van der Waals surface area contributed by atoms with E-state index in [1.54, 1.807) is 25.5 Å². The van der Waals surface area contributed by atoms with Gasteiger partial charge in [-0.3, -0.25) is 14.9 Å². The summed E-state index contributed by atoms with van der Waals surface area (Å²) in [7, 11) is 1.68. The van der Waals surface area contributed by atoms with E-state index in [0.717, 1.165) is 11.8 Å². The van der Waals surface area contributed by atoms with Crippen molar-refractivity contribution in [3.05, 3.63) is 5.82 Å². The van der Waals surface area contributed by atoms with Crippen LogP contribution >= 0.6 is 11.8 Å². The molecular formula is C12H18N4O5S. The third-order valence-electron chi connectivity index (χ3n) is 2.38. The maximum atomic E-state index is 11.5. The zero-order valence-corrected chi connectivity index (χ0v) is 13.4. The molecule has 1 aromatic heterocycles. The highest BCUT2D eigenvalue weighted by Crippen LogP contribution is 2.15. The molecule has 122 valence electrons. The lowest BCUT2D eigenvalue weighted by Gasteiger charge is -2.05. The van der Waals surface area contributed by atoms with E-state index in [1.807, 2.05) is 0 Å². The zero-order valence-electron chi connectivity index (χ0n) is 12.6. The highest BCUT2D eigenvalue weighted by molar-refractivity contribution is 7.99. The number of carbonyl (C=O) groups excluding carboxylic acids is 3. The van der Waals surface area contributed by atoms with Crippen LogP contribution in [0.2, 0.25) is 0 Å². The van der Waals surface area contributed by atoms with Gasteiger partial charge in [0.15, 0.2) is 5.16 Å². The minimum absolute atomic E-state index is 0.00687. The first kappa shape index (κ1) is 18.0. The largest absolute Gasteiger partial charge is 0.466 e. The maximum Gasteiger partial charge on any atom is 0.413 e. The van der Waals surface area contributed by atoms with Crippen LogP contribution in [0.25, 0.3) is 0 Å². The summed E-state index contributed by atoms with van der Waals surface area (Å²) in [5, 5.41) is 10.3. The van der Waals surface area contributed by atoms with Crippen molar-refractivity contribution >= 4 is 29.7 Å². The molecule has 2 amide bonds. The minimum Gasteiger partial charge on any atom is -0.466 e. The second-order valence-corrected chi connectivity index (χ2v) is 4.94. The first-order chi connectivity index (χ1) is 10.5. The molecule has 0 aliphatic rings. The quantitative estimate of drug-likeness (QED) is 0.560. The van der Waals surface area contributed by atoms with Crippen molar-refractivity contribution < 1.29 is 23.9 Å². The van der Waals surface area contributed by atoms with Crippen molar-refractivity contribution in [2.45, 2.75) is 25.4 Å². The van der Waals surface area contributed by atoms with Gasteiger partial charge >= 0.3 is 12.1 Å². The minimum atomic E-state index is -0.783. The van der Waals surface area contributed by atoms with Gasteiger partial charge in [-0.2, -0.15) is 0 Å². The first-order valence-corrected chi connectivity index (χ1v) is 7.59. The van der Waals surface area contributed by atoms with Crippen LogP contribution in [0.5, 0.6) is 0 Å². The number of imide groups is 1. The summed E-state index contributed by atoms with van der Waals surface area (Å²) in [5.74, 6) is -0.482. The molecule has 0 fully saturated rings. The van der Waals surface area contributed by atoms with Gasteiger partial charge in [-0.15, -0.1) is 10.2 Å². The molecule has 0 atom stereocenters. The number of nitrogens with one attached hydrogen (secondary N) is 1. The van der Waals surface area contributed by atoms with E-state index in [-0.39, 0.29) is 18.8 Å². The first-order valence-electron chi connectivity index (χ1n) is 6.61. The molecule has 0 aliphatic carbocycles. The van der Waals surface area contributed by atoms with E-state index in [4.69, 9.17) is 4.74 Å². The monoisotopic (exact) mass is 330 g/mol. The molecule has 0 unspecified atom stereocenters. The topological polar surface area (TPSA) is 112 Å². The number of aromatic nitrogens is 3. The van der Waals surface area contributed by atoms with Gasteiger partial charge in [0, 0.05) is 7.05 Å². The second-order valence-electron chi connectivity index (χ2n) is 4.00. The summed E-state index contributed by atoms with van der Waals surface area (Å²) in [5.41, 5.74) is 0. The van der Waals surface area contributed by atoms with Crippen molar-refractivity contribution in [3.63, 3.8) is 0 Å². The molecule has 0 aliphatic heterocycles. The summed E-state index contributed by atoms with van der Waals surface area (Å²) in [6, 6.07) is 0. The number of carbonyl (C=O) groups is 3. The summed E-state index contributed by atoms with van der Waals surface area (Å²) in [6.07, 6.45) is -0.776. The Balaban J connectivity index is 2.50. The molecule has 0 saturated carbocycles. The number of nitrogens with zero attached hydrogens (tertiary/aromatic N) is 3. The van der Waals surface area contributed by atoms with Crippen LogP contribution < -0.4 is 5.32 Å². The average molecular weight is 330 g/mol. The Hall–Kier alpha value is -2.10. The van der Waals surface area contributed by atoms with E-state index in [0.29, 0.717) is 17.6 Å². The number of thioether (sulfide) groups is 1. The van der Waals surface area contributed by atoms with Crippen molar-refractivity contribution in [2.75, 3.05) is 19.0 Å².